The summed E-state index contributed by atoms with van der Waals surface area (Å²) in [6, 6.07) is 11.2. The Morgan fingerprint density at radius 1 is 1.18 bits per heavy atom. The number of fused-ring (bicyclic) bond motifs is 2. The SMILES string of the molecule is CCCOC1CC2(CCN(C(=O)/C=C/c3ccccc3C(F)(F)F)CC2)c2c(Cl)cccc21. The summed E-state index contributed by atoms with van der Waals surface area (Å²) in [5.74, 6) is -0.280. The Morgan fingerprint density at radius 2 is 1.91 bits per heavy atom. The molecule has 0 bridgehead atoms. The molecule has 0 N–H and O–H groups in total. The molecule has 1 amide bonds. The molecule has 1 unspecified atom stereocenters. The van der Waals surface area contributed by atoms with Crippen LogP contribution >= 0.6 is 11.6 Å². The number of hydrogen-bond donors (Lipinski definition) is 0. The molecule has 1 saturated heterocycles. The van der Waals surface area contributed by atoms with Crippen LogP contribution in [0.3, 0.4) is 0 Å². The van der Waals surface area contributed by atoms with Crippen LogP contribution in [-0.4, -0.2) is 30.5 Å². The van der Waals surface area contributed by atoms with Gasteiger partial charge in [-0.05, 0) is 60.6 Å². The van der Waals surface area contributed by atoms with Gasteiger partial charge in [-0.2, -0.15) is 13.2 Å². The third-order valence-corrected chi connectivity index (χ3v) is 7.04. The van der Waals surface area contributed by atoms with E-state index in [0.29, 0.717) is 19.7 Å². The molecule has 176 valence electrons. The van der Waals surface area contributed by atoms with E-state index < -0.39 is 11.7 Å². The number of alkyl halides is 3. The first-order valence-electron chi connectivity index (χ1n) is 11.3. The van der Waals surface area contributed by atoms with Crippen LogP contribution in [0.5, 0.6) is 0 Å². The lowest BCUT2D eigenvalue weighted by atomic mass is 9.73. The molecule has 33 heavy (non-hydrogen) atoms. The lowest BCUT2D eigenvalue weighted by Gasteiger charge is -2.40. The van der Waals surface area contributed by atoms with Gasteiger partial charge >= 0.3 is 6.18 Å². The maximum atomic E-state index is 13.2. The topological polar surface area (TPSA) is 29.5 Å². The summed E-state index contributed by atoms with van der Waals surface area (Å²) < 4.78 is 45.7. The first-order chi connectivity index (χ1) is 15.7. The third kappa shape index (κ3) is 4.82. The van der Waals surface area contributed by atoms with E-state index >= 15 is 0 Å². The molecule has 1 aliphatic carbocycles. The van der Waals surface area contributed by atoms with E-state index in [2.05, 4.69) is 13.0 Å². The molecule has 1 atom stereocenters. The zero-order chi connectivity index (χ0) is 23.6. The van der Waals surface area contributed by atoms with Gasteiger partial charge in [-0.3, -0.25) is 4.79 Å². The van der Waals surface area contributed by atoms with Crippen LogP contribution in [0.25, 0.3) is 6.08 Å². The Bertz CT molecular complexity index is 1040. The van der Waals surface area contributed by atoms with E-state index in [1.165, 1.54) is 30.4 Å². The van der Waals surface area contributed by atoms with Crippen molar-refractivity contribution in [2.75, 3.05) is 19.7 Å². The van der Waals surface area contributed by atoms with Crippen molar-refractivity contribution in [2.24, 2.45) is 0 Å². The van der Waals surface area contributed by atoms with Crippen LogP contribution in [0.15, 0.2) is 48.5 Å². The summed E-state index contributed by atoms with van der Waals surface area (Å²) in [7, 11) is 0. The summed E-state index contributed by atoms with van der Waals surface area (Å²) in [6.45, 7) is 3.81. The average Bonchev–Trinajstić information content (AvgIpc) is 3.10. The molecule has 2 aliphatic rings. The number of likely N-dealkylation sites (tertiary alicyclic amines) is 1. The lowest BCUT2D eigenvalue weighted by molar-refractivity contribution is -0.137. The zero-order valence-corrected chi connectivity index (χ0v) is 19.3. The predicted octanol–water partition coefficient (Wildman–Crippen LogP) is 6.80. The first kappa shape index (κ1) is 23.8. The molecule has 2 aromatic rings. The minimum absolute atomic E-state index is 0.000308. The maximum absolute atomic E-state index is 13.2. The van der Waals surface area contributed by atoms with Gasteiger partial charge in [0, 0.05) is 36.2 Å². The van der Waals surface area contributed by atoms with Gasteiger partial charge in [0.2, 0.25) is 5.91 Å². The number of ether oxygens (including phenoxy) is 1. The highest BCUT2D eigenvalue weighted by atomic mass is 35.5. The van der Waals surface area contributed by atoms with Gasteiger partial charge < -0.3 is 9.64 Å². The van der Waals surface area contributed by atoms with Crippen LogP contribution in [0.1, 0.15) is 61.0 Å². The van der Waals surface area contributed by atoms with E-state index in [1.54, 1.807) is 4.90 Å². The quantitative estimate of drug-likeness (QED) is 0.443. The standard InChI is InChI=1S/C26H27ClF3NO2/c1-2-16-33-22-17-25(24-19(22)7-5-9-21(24)27)12-14-31(15-13-25)23(32)11-10-18-6-3-4-8-20(18)26(28,29)30/h3-11,22H,2,12-17H2,1H3/b11-10+. The Labute approximate surface area is 197 Å². The maximum Gasteiger partial charge on any atom is 0.416 e. The molecular formula is C26H27ClF3NO2. The second kappa shape index (κ2) is 9.51. The molecule has 1 heterocycles. The Kier molecular flexibility index (Phi) is 6.87. The molecule has 4 rings (SSSR count). The molecule has 0 radical (unpaired) electrons. The monoisotopic (exact) mass is 477 g/mol. The van der Waals surface area contributed by atoms with E-state index in [0.717, 1.165) is 47.9 Å². The summed E-state index contributed by atoms with van der Waals surface area (Å²) in [4.78, 5) is 14.5. The molecule has 0 aromatic heterocycles. The fraction of sp³-hybridized carbons (Fsp3) is 0.423. The second-order valence-electron chi connectivity index (χ2n) is 8.79. The molecule has 1 spiro atoms. The fourth-order valence-corrected chi connectivity index (χ4v) is 5.50. The van der Waals surface area contributed by atoms with Crippen molar-refractivity contribution in [3.63, 3.8) is 0 Å². The van der Waals surface area contributed by atoms with E-state index in [1.807, 2.05) is 12.1 Å². The van der Waals surface area contributed by atoms with Gasteiger partial charge in [0.1, 0.15) is 0 Å². The summed E-state index contributed by atoms with van der Waals surface area (Å²) in [6.07, 6.45) is 1.29. The molecule has 2 aromatic carbocycles. The predicted molar refractivity (Wildman–Crippen MR) is 123 cm³/mol. The highest BCUT2D eigenvalue weighted by Gasteiger charge is 2.47. The number of rotatable bonds is 5. The summed E-state index contributed by atoms with van der Waals surface area (Å²) in [5.41, 5.74) is 1.37. The largest absolute Gasteiger partial charge is 0.416 e. The molecule has 0 saturated carbocycles. The van der Waals surface area contributed by atoms with Gasteiger partial charge in [-0.1, -0.05) is 48.9 Å². The molecule has 3 nitrogen and oxygen atoms in total. The van der Waals surface area contributed by atoms with Gasteiger partial charge in [0.25, 0.3) is 0 Å². The van der Waals surface area contributed by atoms with Crippen molar-refractivity contribution in [3.05, 3.63) is 75.8 Å². The number of carbonyl (C=O) groups excluding carboxylic acids is 1. The summed E-state index contributed by atoms with van der Waals surface area (Å²) >= 11 is 6.62. The van der Waals surface area contributed by atoms with E-state index in [9.17, 15) is 18.0 Å². The van der Waals surface area contributed by atoms with Crippen LogP contribution in [0.4, 0.5) is 13.2 Å². The Balaban J connectivity index is 1.48. The molecular weight excluding hydrogens is 451 g/mol. The Hall–Kier alpha value is -2.31. The van der Waals surface area contributed by atoms with Crippen molar-refractivity contribution < 1.29 is 22.7 Å². The van der Waals surface area contributed by atoms with Crippen molar-refractivity contribution in [2.45, 2.75) is 50.3 Å². The smallest absolute Gasteiger partial charge is 0.373 e. The first-order valence-corrected chi connectivity index (χ1v) is 11.7. The number of carbonyl (C=O) groups is 1. The second-order valence-corrected chi connectivity index (χ2v) is 9.20. The number of nitrogens with zero attached hydrogens (tertiary/aromatic N) is 1. The lowest BCUT2D eigenvalue weighted by Crippen LogP contribution is -2.44. The summed E-state index contributed by atoms with van der Waals surface area (Å²) in [5, 5.41) is 0.735. The van der Waals surface area contributed by atoms with Crippen LogP contribution < -0.4 is 0 Å². The van der Waals surface area contributed by atoms with Crippen molar-refractivity contribution in [1.82, 2.24) is 4.90 Å². The number of hydrogen-bond acceptors (Lipinski definition) is 2. The van der Waals surface area contributed by atoms with Crippen molar-refractivity contribution >= 4 is 23.6 Å². The molecule has 1 fully saturated rings. The fourth-order valence-electron chi connectivity index (χ4n) is 5.12. The zero-order valence-electron chi connectivity index (χ0n) is 18.5. The van der Waals surface area contributed by atoms with E-state index in [4.69, 9.17) is 16.3 Å². The average molecular weight is 478 g/mol. The number of halogens is 4. The van der Waals surface area contributed by atoms with Crippen molar-refractivity contribution in [3.8, 4) is 0 Å². The van der Waals surface area contributed by atoms with Crippen LogP contribution in [0.2, 0.25) is 5.02 Å². The number of benzene rings is 2. The van der Waals surface area contributed by atoms with Gasteiger partial charge in [-0.15, -0.1) is 0 Å². The number of piperidine rings is 1. The third-order valence-electron chi connectivity index (χ3n) is 6.73. The van der Waals surface area contributed by atoms with Gasteiger partial charge in [0.15, 0.2) is 0 Å². The minimum atomic E-state index is -4.47. The Morgan fingerprint density at radius 3 is 2.61 bits per heavy atom. The highest BCUT2D eigenvalue weighted by molar-refractivity contribution is 6.31. The minimum Gasteiger partial charge on any atom is -0.373 e. The van der Waals surface area contributed by atoms with Crippen LogP contribution in [0, 0.1) is 0 Å². The van der Waals surface area contributed by atoms with Gasteiger partial charge in [-0.25, -0.2) is 0 Å². The molecule has 1 aliphatic heterocycles. The highest BCUT2D eigenvalue weighted by Crippen LogP contribution is 2.54. The van der Waals surface area contributed by atoms with Gasteiger partial charge in [0.05, 0.1) is 11.7 Å². The van der Waals surface area contributed by atoms with E-state index in [-0.39, 0.29) is 23.0 Å². The van der Waals surface area contributed by atoms with Crippen molar-refractivity contribution in [1.29, 1.82) is 0 Å². The normalized spacial score (nSPS) is 19.9. The van der Waals surface area contributed by atoms with Crippen LogP contribution in [-0.2, 0) is 21.1 Å². The molecule has 7 heteroatoms. The number of amides is 1.